The summed E-state index contributed by atoms with van der Waals surface area (Å²) in [6.45, 7) is 1.96. The monoisotopic (exact) mass is 260 g/mol. The second-order valence-electron chi connectivity index (χ2n) is 5.12. The first-order valence-corrected chi connectivity index (χ1v) is 6.34. The highest BCUT2D eigenvalue weighted by molar-refractivity contribution is 5.69. The van der Waals surface area contributed by atoms with E-state index in [2.05, 4.69) is 0 Å². The highest BCUT2D eigenvalue weighted by Crippen LogP contribution is 2.50. The highest BCUT2D eigenvalue weighted by Gasteiger charge is 2.49. The summed E-state index contributed by atoms with van der Waals surface area (Å²) >= 11 is 0. The van der Waals surface area contributed by atoms with Gasteiger partial charge in [0.1, 0.15) is 11.2 Å². The lowest BCUT2D eigenvalue weighted by molar-refractivity contribution is -0.420. The second-order valence-corrected chi connectivity index (χ2v) is 5.12. The third kappa shape index (κ3) is 1.79. The van der Waals surface area contributed by atoms with Gasteiger partial charge >= 0.3 is 5.97 Å². The fraction of sp³-hybridized carbons (Fsp3) is 0.400. The molecule has 0 saturated carbocycles. The van der Waals surface area contributed by atoms with Crippen molar-refractivity contribution in [2.75, 3.05) is 7.11 Å². The van der Waals surface area contributed by atoms with Crippen molar-refractivity contribution in [2.45, 2.75) is 31.0 Å². The molecule has 100 valence electrons. The van der Waals surface area contributed by atoms with Gasteiger partial charge in [0.25, 0.3) is 0 Å². The molecule has 0 radical (unpaired) electrons. The molecule has 0 amide bonds. The number of ether oxygens (including phenoxy) is 1. The summed E-state index contributed by atoms with van der Waals surface area (Å²) in [6.07, 6.45) is 4.77. The minimum Gasteiger partial charge on any atom is -0.469 e. The standard InChI is InChI=1S/C15H16O4/c1-14-9-10-15(19-18-14,8-7-13(16)17-2)12-6-4-3-5-11(12)14/h3-6,9-10H,7-8H2,1-2H3. The summed E-state index contributed by atoms with van der Waals surface area (Å²) in [5, 5.41) is 0. The number of carbonyl (C=O) groups excluding carboxylic acids is 1. The molecule has 2 bridgehead atoms. The van der Waals surface area contributed by atoms with Crippen molar-refractivity contribution in [1.29, 1.82) is 0 Å². The van der Waals surface area contributed by atoms with Crippen molar-refractivity contribution in [3.8, 4) is 0 Å². The predicted molar refractivity (Wildman–Crippen MR) is 68.0 cm³/mol. The van der Waals surface area contributed by atoms with E-state index in [9.17, 15) is 4.79 Å². The topological polar surface area (TPSA) is 44.8 Å². The van der Waals surface area contributed by atoms with E-state index in [1.165, 1.54) is 7.11 Å². The number of rotatable bonds is 3. The van der Waals surface area contributed by atoms with Gasteiger partial charge in [-0.2, -0.15) is 0 Å². The normalized spacial score (nSPS) is 31.1. The Labute approximate surface area is 111 Å². The minimum atomic E-state index is -0.678. The number of hydrogen-bond acceptors (Lipinski definition) is 4. The van der Waals surface area contributed by atoms with Gasteiger partial charge in [0.05, 0.1) is 7.11 Å². The van der Waals surface area contributed by atoms with Gasteiger partial charge in [0.15, 0.2) is 0 Å². The maximum absolute atomic E-state index is 11.4. The summed E-state index contributed by atoms with van der Waals surface area (Å²) in [7, 11) is 1.39. The molecule has 0 N–H and O–H groups in total. The van der Waals surface area contributed by atoms with Gasteiger partial charge in [0.2, 0.25) is 0 Å². The zero-order valence-corrected chi connectivity index (χ0v) is 11.0. The van der Waals surface area contributed by atoms with Crippen LogP contribution in [-0.2, 0) is 30.5 Å². The van der Waals surface area contributed by atoms with Crippen LogP contribution >= 0.6 is 0 Å². The van der Waals surface area contributed by atoms with Gasteiger partial charge in [-0.15, -0.1) is 0 Å². The van der Waals surface area contributed by atoms with E-state index < -0.39 is 11.2 Å². The molecule has 1 aromatic carbocycles. The van der Waals surface area contributed by atoms with Crippen LogP contribution in [0.2, 0.25) is 0 Å². The number of hydrogen-bond donors (Lipinski definition) is 0. The molecule has 0 spiro atoms. The molecule has 1 aromatic rings. The molecule has 0 fully saturated rings. The molecule has 4 nitrogen and oxygen atoms in total. The van der Waals surface area contributed by atoms with Crippen LogP contribution in [0, 0.1) is 0 Å². The average molecular weight is 260 g/mol. The van der Waals surface area contributed by atoms with E-state index in [1.54, 1.807) is 0 Å². The van der Waals surface area contributed by atoms with Crippen molar-refractivity contribution >= 4 is 5.97 Å². The Morgan fingerprint density at radius 3 is 2.58 bits per heavy atom. The van der Waals surface area contributed by atoms with Crippen LogP contribution in [0.1, 0.15) is 30.9 Å². The molecule has 0 saturated heterocycles. The second kappa shape index (κ2) is 4.18. The molecule has 2 unspecified atom stereocenters. The first-order chi connectivity index (χ1) is 9.10. The Hall–Kier alpha value is -1.65. The molecule has 4 heteroatoms. The zero-order valence-electron chi connectivity index (χ0n) is 11.0. The molecule has 19 heavy (non-hydrogen) atoms. The van der Waals surface area contributed by atoms with Gasteiger partial charge in [-0.05, 0) is 36.6 Å². The molecule has 3 aliphatic rings. The van der Waals surface area contributed by atoms with Crippen LogP contribution in [0.15, 0.2) is 36.4 Å². The average Bonchev–Trinajstić information content (AvgIpc) is 2.47. The van der Waals surface area contributed by atoms with Crippen molar-refractivity contribution in [1.82, 2.24) is 0 Å². The van der Waals surface area contributed by atoms with Crippen LogP contribution in [0.5, 0.6) is 0 Å². The summed E-state index contributed by atoms with van der Waals surface area (Å²) in [5.41, 5.74) is 0.940. The Kier molecular flexibility index (Phi) is 2.73. The smallest absolute Gasteiger partial charge is 0.305 e. The van der Waals surface area contributed by atoms with Gasteiger partial charge < -0.3 is 4.74 Å². The number of methoxy groups -OCH3 is 1. The number of benzene rings is 1. The maximum atomic E-state index is 11.4. The molecule has 4 rings (SSSR count). The van der Waals surface area contributed by atoms with E-state index in [0.29, 0.717) is 6.42 Å². The minimum absolute atomic E-state index is 0.247. The van der Waals surface area contributed by atoms with Crippen LogP contribution in [-0.4, -0.2) is 13.1 Å². The lowest BCUT2D eigenvalue weighted by Crippen LogP contribution is -2.45. The molecule has 1 aliphatic carbocycles. The van der Waals surface area contributed by atoms with E-state index >= 15 is 0 Å². The predicted octanol–water partition coefficient (Wildman–Crippen LogP) is 2.58. The van der Waals surface area contributed by atoms with E-state index in [1.807, 2.05) is 43.3 Å². The number of esters is 1. The van der Waals surface area contributed by atoms with Gasteiger partial charge in [-0.25, -0.2) is 9.78 Å². The largest absolute Gasteiger partial charge is 0.469 e. The third-order valence-electron chi connectivity index (χ3n) is 3.88. The summed E-state index contributed by atoms with van der Waals surface area (Å²) in [6, 6.07) is 8.01. The molecular formula is C15H16O4. The van der Waals surface area contributed by atoms with Crippen LogP contribution < -0.4 is 0 Å². The summed E-state index contributed by atoms with van der Waals surface area (Å²) in [4.78, 5) is 22.5. The van der Waals surface area contributed by atoms with Crippen LogP contribution in [0.4, 0.5) is 0 Å². The van der Waals surface area contributed by atoms with Crippen LogP contribution in [0.3, 0.4) is 0 Å². The van der Waals surface area contributed by atoms with E-state index in [0.717, 1.165) is 11.1 Å². The number of fused-ring (bicyclic) bond motifs is 1. The van der Waals surface area contributed by atoms with Crippen molar-refractivity contribution < 1.29 is 19.3 Å². The number of carbonyl (C=O) groups is 1. The summed E-state index contributed by atoms with van der Waals surface area (Å²) in [5.74, 6) is -0.247. The van der Waals surface area contributed by atoms with Gasteiger partial charge in [-0.1, -0.05) is 24.3 Å². The van der Waals surface area contributed by atoms with Gasteiger partial charge in [0, 0.05) is 6.42 Å². The summed E-state index contributed by atoms with van der Waals surface area (Å²) < 4.78 is 4.69. The quantitative estimate of drug-likeness (QED) is 0.476. The molecular weight excluding hydrogens is 244 g/mol. The van der Waals surface area contributed by atoms with Crippen molar-refractivity contribution in [3.63, 3.8) is 0 Å². The van der Waals surface area contributed by atoms with Crippen LogP contribution in [0.25, 0.3) is 0 Å². The van der Waals surface area contributed by atoms with Crippen molar-refractivity contribution in [3.05, 3.63) is 47.5 Å². The van der Waals surface area contributed by atoms with E-state index in [-0.39, 0.29) is 12.4 Å². The Morgan fingerprint density at radius 1 is 1.21 bits per heavy atom. The molecule has 2 atom stereocenters. The Bertz CT molecular complexity index is 551. The maximum Gasteiger partial charge on any atom is 0.305 e. The molecule has 2 heterocycles. The van der Waals surface area contributed by atoms with E-state index in [4.69, 9.17) is 14.5 Å². The zero-order chi connectivity index (χ0) is 13.5. The fourth-order valence-electron chi connectivity index (χ4n) is 2.71. The highest BCUT2D eigenvalue weighted by atomic mass is 17.2. The Balaban J connectivity index is 1.98. The molecule has 0 aromatic heterocycles. The third-order valence-corrected chi connectivity index (χ3v) is 3.88. The fourth-order valence-corrected chi connectivity index (χ4v) is 2.71. The molecule has 2 aliphatic heterocycles. The Morgan fingerprint density at radius 2 is 1.95 bits per heavy atom. The van der Waals surface area contributed by atoms with Crippen molar-refractivity contribution in [2.24, 2.45) is 0 Å². The first-order valence-electron chi connectivity index (χ1n) is 6.34. The lowest BCUT2D eigenvalue weighted by Gasteiger charge is -2.46. The van der Waals surface area contributed by atoms with Gasteiger partial charge in [-0.3, -0.25) is 4.79 Å². The first kappa shape index (κ1) is 12.4. The SMILES string of the molecule is COC(=O)CCC12C=CC(C)(OO1)c1ccccc12. The lowest BCUT2D eigenvalue weighted by atomic mass is 9.74.